The van der Waals surface area contributed by atoms with Crippen molar-refractivity contribution in [2.75, 3.05) is 0 Å². The summed E-state index contributed by atoms with van der Waals surface area (Å²) in [7, 11) is 0. The number of thiophene rings is 2. The van der Waals surface area contributed by atoms with E-state index in [1.807, 2.05) is 22.7 Å². The van der Waals surface area contributed by atoms with E-state index in [0.29, 0.717) is 0 Å². The van der Waals surface area contributed by atoms with Crippen molar-refractivity contribution in [2.24, 2.45) is 16.8 Å². The van der Waals surface area contributed by atoms with Gasteiger partial charge in [-0.05, 0) is 117 Å². The summed E-state index contributed by atoms with van der Waals surface area (Å²) in [5.74, 6) is 0.256. The quantitative estimate of drug-likeness (QED) is 0.158. The van der Waals surface area contributed by atoms with Crippen LogP contribution < -0.4 is 0 Å². The van der Waals surface area contributed by atoms with E-state index in [1.165, 1.54) is 128 Å². The lowest BCUT2D eigenvalue weighted by molar-refractivity contribution is 0.514. The fraction of sp³-hybridized carbons (Fsp3) is 0.106. The molecular weight excluding hydrogens is 885 g/mol. The van der Waals surface area contributed by atoms with Crippen molar-refractivity contribution in [3.63, 3.8) is 0 Å². The molecular formula is C66H48N2S2. The molecule has 4 heterocycles. The maximum absolute atomic E-state index is 6.27. The molecule has 334 valence electrons. The molecule has 0 fully saturated rings. The molecule has 10 aromatic carbocycles. The number of allylic oxidation sites excluding steroid dienone is 1. The monoisotopic (exact) mass is 932 g/mol. The Morgan fingerprint density at radius 1 is 0.471 bits per heavy atom. The van der Waals surface area contributed by atoms with E-state index >= 15 is 0 Å². The van der Waals surface area contributed by atoms with Crippen molar-refractivity contribution in [1.82, 2.24) is 4.57 Å². The first-order valence-electron chi connectivity index (χ1n) is 24.7. The lowest BCUT2D eigenvalue weighted by Gasteiger charge is -2.32. The first kappa shape index (κ1) is 41.4. The van der Waals surface area contributed by atoms with Gasteiger partial charge in [0.05, 0.1) is 22.8 Å². The summed E-state index contributed by atoms with van der Waals surface area (Å²) >= 11 is 3.79. The molecule has 0 radical (unpaired) electrons. The number of aliphatic imine (C=N–C) groups is 1. The Morgan fingerprint density at radius 2 is 1.00 bits per heavy atom. The normalized spacial score (nSPS) is 17.5. The van der Waals surface area contributed by atoms with Crippen LogP contribution in [0.4, 0.5) is 0 Å². The maximum atomic E-state index is 6.27. The number of hydrogen-bond acceptors (Lipinski definition) is 3. The van der Waals surface area contributed by atoms with Crippen LogP contribution in [-0.2, 0) is 0 Å². The highest BCUT2D eigenvalue weighted by Gasteiger charge is 2.32. The van der Waals surface area contributed by atoms with Gasteiger partial charge in [-0.25, -0.2) is 0 Å². The van der Waals surface area contributed by atoms with Crippen LogP contribution in [0.3, 0.4) is 0 Å². The standard InChI is InChI=1S/C66H48N2S2/c1-3-49-50(43-28-26-42(27-29-43)41-15-5-4-6-16-41)31-25-40(2)65(67-66(49)48-30-32-53-51-21-11-13-23-61(51)69-63(53)37-48)57-39-64-56(52-22-12-14-24-62(52)70-64)38-60(57)68-58-35-46-19-9-7-17-44(46)33-54(58)55-34-45-18-8-10-20-47(45)36-59(55)68/h4-24,26-40,49,66H,3,25H2,1-2H3/b50-31+,67-65?/t40-,49?,66?/m1/s1. The second-order valence-electron chi connectivity index (χ2n) is 19.3. The van der Waals surface area contributed by atoms with Crippen molar-refractivity contribution >= 4 is 118 Å². The number of aromatic nitrogens is 1. The molecule has 0 bridgehead atoms. The van der Waals surface area contributed by atoms with E-state index in [-0.39, 0.29) is 17.9 Å². The average Bonchev–Trinajstić information content (AvgIpc) is 4.06. The van der Waals surface area contributed by atoms with Crippen LogP contribution in [0.5, 0.6) is 0 Å². The SMILES string of the molecule is CCC1/C(c2ccc(-c3ccccc3)cc2)=C/C[C@@H](C)C(c2cc3sc4ccccc4c3cc2-n2c3cc4ccccc4cc3c3cc4ccccc4cc32)=NC1c1ccc2c(c1)sc1ccccc12. The van der Waals surface area contributed by atoms with Crippen LogP contribution in [0.25, 0.3) is 106 Å². The average molecular weight is 933 g/mol. The topological polar surface area (TPSA) is 17.3 Å². The van der Waals surface area contributed by atoms with Crippen molar-refractivity contribution in [3.05, 3.63) is 229 Å². The summed E-state index contributed by atoms with van der Waals surface area (Å²) < 4.78 is 7.82. The fourth-order valence-electron chi connectivity index (χ4n) is 11.7. The van der Waals surface area contributed by atoms with Crippen molar-refractivity contribution in [2.45, 2.75) is 32.7 Å². The number of fused-ring (bicyclic) bond motifs is 11. The minimum atomic E-state index is -0.130. The van der Waals surface area contributed by atoms with Gasteiger partial charge in [0.15, 0.2) is 0 Å². The van der Waals surface area contributed by atoms with E-state index in [4.69, 9.17) is 4.99 Å². The van der Waals surface area contributed by atoms with Crippen LogP contribution >= 0.6 is 22.7 Å². The van der Waals surface area contributed by atoms with Gasteiger partial charge in [0.1, 0.15) is 0 Å². The van der Waals surface area contributed by atoms with Gasteiger partial charge >= 0.3 is 0 Å². The third-order valence-corrected chi connectivity index (χ3v) is 17.5. The van der Waals surface area contributed by atoms with E-state index in [1.54, 1.807) is 0 Å². The van der Waals surface area contributed by atoms with E-state index < -0.39 is 0 Å². The van der Waals surface area contributed by atoms with Gasteiger partial charge in [0, 0.05) is 74.2 Å². The predicted molar refractivity (Wildman–Crippen MR) is 305 cm³/mol. The lowest BCUT2D eigenvalue weighted by Crippen LogP contribution is -2.23. The molecule has 2 nitrogen and oxygen atoms in total. The smallest absolute Gasteiger partial charge is 0.0821 e. The number of nitrogens with zero attached hydrogens (tertiary/aromatic N) is 2. The molecule has 0 spiro atoms. The number of rotatable bonds is 6. The maximum Gasteiger partial charge on any atom is 0.0821 e. The third-order valence-electron chi connectivity index (χ3n) is 15.2. The summed E-state index contributed by atoms with van der Waals surface area (Å²) in [4.78, 5) is 6.27. The Morgan fingerprint density at radius 3 is 1.64 bits per heavy atom. The molecule has 1 aliphatic heterocycles. The molecule has 14 rings (SSSR count). The summed E-state index contributed by atoms with van der Waals surface area (Å²) in [5, 5.41) is 12.7. The molecule has 2 unspecified atom stereocenters. The van der Waals surface area contributed by atoms with Crippen LogP contribution in [0, 0.1) is 11.8 Å². The predicted octanol–water partition coefficient (Wildman–Crippen LogP) is 19.2. The molecule has 0 saturated heterocycles. The van der Waals surface area contributed by atoms with Gasteiger partial charge in [0.2, 0.25) is 0 Å². The molecule has 4 heteroatoms. The zero-order valence-corrected chi connectivity index (χ0v) is 40.7. The van der Waals surface area contributed by atoms with Gasteiger partial charge in [-0.15, -0.1) is 22.7 Å². The van der Waals surface area contributed by atoms with Crippen molar-refractivity contribution in [3.8, 4) is 16.8 Å². The summed E-state index contributed by atoms with van der Waals surface area (Å²) in [6, 6.07) is 77.2. The zero-order chi connectivity index (χ0) is 46.5. The fourth-order valence-corrected chi connectivity index (χ4v) is 14.0. The van der Waals surface area contributed by atoms with Gasteiger partial charge in [-0.1, -0.05) is 172 Å². The number of benzene rings is 10. The molecule has 3 atom stereocenters. The molecule has 13 aromatic rings. The first-order chi connectivity index (χ1) is 34.5. The van der Waals surface area contributed by atoms with E-state index in [2.05, 4.69) is 231 Å². The number of hydrogen-bond donors (Lipinski definition) is 0. The summed E-state index contributed by atoms with van der Waals surface area (Å²) in [6.07, 6.45) is 4.40. The van der Waals surface area contributed by atoms with Gasteiger partial charge in [0.25, 0.3) is 0 Å². The zero-order valence-electron chi connectivity index (χ0n) is 39.1. The minimum absolute atomic E-state index is 0.118. The molecule has 0 aliphatic carbocycles. The molecule has 1 aliphatic rings. The van der Waals surface area contributed by atoms with Crippen LogP contribution in [0.1, 0.15) is 49.4 Å². The van der Waals surface area contributed by atoms with Crippen molar-refractivity contribution in [1.29, 1.82) is 0 Å². The first-order valence-corrected chi connectivity index (χ1v) is 26.3. The Bertz CT molecular complexity index is 4190. The Balaban J connectivity index is 1.04. The van der Waals surface area contributed by atoms with E-state index in [0.717, 1.165) is 12.8 Å². The molecule has 3 aromatic heterocycles. The van der Waals surface area contributed by atoms with Crippen molar-refractivity contribution < 1.29 is 0 Å². The van der Waals surface area contributed by atoms with Gasteiger partial charge in [-0.3, -0.25) is 4.99 Å². The Labute approximate surface area is 415 Å². The van der Waals surface area contributed by atoms with Crippen LogP contribution in [0.2, 0.25) is 0 Å². The van der Waals surface area contributed by atoms with Crippen LogP contribution in [-0.4, -0.2) is 10.3 Å². The Hall–Kier alpha value is -7.63. The highest BCUT2D eigenvalue weighted by atomic mass is 32.1. The summed E-state index contributed by atoms with van der Waals surface area (Å²) in [5.41, 5.74) is 12.4. The lowest BCUT2D eigenvalue weighted by atomic mass is 9.78. The van der Waals surface area contributed by atoms with Crippen LogP contribution in [0.15, 0.2) is 217 Å². The molecule has 0 amide bonds. The Kier molecular flexibility index (Phi) is 9.76. The highest BCUT2D eigenvalue weighted by molar-refractivity contribution is 7.26. The van der Waals surface area contributed by atoms with E-state index in [9.17, 15) is 0 Å². The van der Waals surface area contributed by atoms with Gasteiger partial charge in [-0.2, -0.15) is 0 Å². The summed E-state index contributed by atoms with van der Waals surface area (Å²) in [6.45, 7) is 4.78. The second kappa shape index (κ2) is 16.5. The highest BCUT2D eigenvalue weighted by Crippen LogP contribution is 2.47. The van der Waals surface area contributed by atoms with Gasteiger partial charge < -0.3 is 4.57 Å². The molecule has 0 saturated carbocycles. The molecule has 70 heavy (non-hydrogen) atoms. The minimum Gasteiger partial charge on any atom is -0.309 e. The second-order valence-corrected chi connectivity index (χ2v) is 21.5. The third kappa shape index (κ3) is 6.69. The largest absolute Gasteiger partial charge is 0.309 e. The molecule has 0 N–H and O–H groups in total.